The molecule has 0 aliphatic heterocycles. The monoisotopic (exact) mass is 276 g/mol. The molecule has 2 aromatic heterocycles. The lowest BCUT2D eigenvalue weighted by Gasteiger charge is -2.29. The van der Waals surface area contributed by atoms with Crippen molar-refractivity contribution in [3.05, 3.63) is 46.4 Å². The highest BCUT2D eigenvalue weighted by molar-refractivity contribution is 7.09. The molecular formula is C14H16N2O2S. The van der Waals surface area contributed by atoms with Crippen LogP contribution in [0.3, 0.4) is 0 Å². The van der Waals surface area contributed by atoms with Crippen LogP contribution in [-0.2, 0) is 6.54 Å². The van der Waals surface area contributed by atoms with Crippen molar-refractivity contribution < 1.29 is 9.90 Å². The Hall–Kier alpha value is -1.88. The topological polar surface area (TPSA) is 53.4 Å². The van der Waals surface area contributed by atoms with Crippen LogP contribution in [0.25, 0.3) is 0 Å². The molecule has 0 aliphatic carbocycles. The molecule has 0 aromatic carbocycles. The number of aromatic nitrogens is 1. The number of nitrogens with zero attached hydrogens (tertiary/aromatic N) is 2. The number of rotatable bonds is 5. The van der Waals surface area contributed by atoms with Gasteiger partial charge in [0.25, 0.3) is 0 Å². The first kappa shape index (κ1) is 13.5. The third kappa shape index (κ3) is 3.12. The lowest BCUT2D eigenvalue weighted by atomic mass is 10.1. The molecule has 0 bridgehead atoms. The van der Waals surface area contributed by atoms with Crippen molar-refractivity contribution in [1.82, 2.24) is 4.98 Å². The Morgan fingerprint density at radius 2 is 2.26 bits per heavy atom. The third-order valence-electron chi connectivity index (χ3n) is 2.87. The summed E-state index contributed by atoms with van der Waals surface area (Å²) in [6, 6.07) is 5.79. The van der Waals surface area contributed by atoms with Gasteiger partial charge in [0.1, 0.15) is 0 Å². The van der Waals surface area contributed by atoms with E-state index in [0.29, 0.717) is 17.8 Å². The minimum Gasteiger partial charge on any atom is -0.478 e. The minimum atomic E-state index is -0.922. The van der Waals surface area contributed by atoms with Crippen LogP contribution in [0.2, 0.25) is 0 Å². The van der Waals surface area contributed by atoms with Crippen LogP contribution in [-0.4, -0.2) is 22.1 Å². The molecule has 1 N–H and O–H groups in total. The van der Waals surface area contributed by atoms with E-state index in [0.717, 1.165) is 0 Å². The van der Waals surface area contributed by atoms with E-state index in [1.807, 2.05) is 25.3 Å². The molecule has 2 rings (SSSR count). The molecule has 0 aliphatic rings. The second-order valence-electron chi connectivity index (χ2n) is 4.50. The van der Waals surface area contributed by atoms with Crippen molar-refractivity contribution in [3.8, 4) is 0 Å². The van der Waals surface area contributed by atoms with Gasteiger partial charge in [-0.2, -0.15) is 0 Å². The molecule has 5 heteroatoms. The molecule has 0 spiro atoms. The standard InChI is InChI=1S/C14H16N2O2S/c1-10(2)16(9-11-4-3-7-19-11)13-8-15-6-5-12(13)14(17)18/h3-8,10H,9H2,1-2H3,(H,17,18). The summed E-state index contributed by atoms with van der Waals surface area (Å²) in [4.78, 5) is 18.6. The van der Waals surface area contributed by atoms with Crippen LogP contribution in [0, 0.1) is 0 Å². The number of hydrogen-bond acceptors (Lipinski definition) is 4. The first-order valence-electron chi connectivity index (χ1n) is 6.06. The van der Waals surface area contributed by atoms with Crippen LogP contribution < -0.4 is 4.90 Å². The van der Waals surface area contributed by atoms with Crippen molar-refractivity contribution in [2.24, 2.45) is 0 Å². The Kier molecular flexibility index (Phi) is 4.16. The highest BCUT2D eigenvalue weighted by atomic mass is 32.1. The summed E-state index contributed by atoms with van der Waals surface area (Å²) in [5, 5.41) is 11.3. The molecule has 2 heterocycles. The quantitative estimate of drug-likeness (QED) is 0.910. The van der Waals surface area contributed by atoms with Crippen LogP contribution in [0.4, 0.5) is 5.69 Å². The van der Waals surface area contributed by atoms with Gasteiger partial charge in [0.05, 0.1) is 24.0 Å². The Morgan fingerprint density at radius 3 is 2.84 bits per heavy atom. The fourth-order valence-electron chi connectivity index (χ4n) is 1.91. The molecule has 0 radical (unpaired) electrons. The zero-order valence-corrected chi connectivity index (χ0v) is 11.7. The maximum Gasteiger partial charge on any atom is 0.337 e. The lowest BCUT2D eigenvalue weighted by molar-refractivity contribution is 0.0697. The summed E-state index contributed by atoms with van der Waals surface area (Å²) in [5.41, 5.74) is 0.957. The highest BCUT2D eigenvalue weighted by Gasteiger charge is 2.19. The van der Waals surface area contributed by atoms with Crippen LogP contribution in [0.15, 0.2) is 36.0 Å². The largest absolute Gasteiger partial charge is 0.478 e. The van der Waals surface area contributed by atoms with Crippen LogP contribution >= 0.6 is 11.3 Å². The fourth-order valence-corrected chi connectivity index (χ4v) is 2.61. The van der Waals surface area contributed by atoms with Gasteiger partial charge < -0.3 is 10.0 Å². The van der Waals surface area contributed by atoms with E-state index in [1.165, 1.54) is 11.1 Å². The number of carboxylic acids is 1. The van der Waals surface area contributed by atoms with Gasteiger partial charge in [-0.3, -0.25) is 4.98 Å². The maximum atomic E-state index is 11.3. The SMILES string of the molecule is CC(C)N(Cc1cccs1)c1cnccc1C(=O)O. The van der Waals surface area contributed by atoms with Crippen molar-refractivity contribution in [2.45, 2.75) is 26.4 Å². The van der Waals surface area contributed by atoms with Gasteiger partial charge in [-0.15, -0.1) is 11.3 Å². The van der Waals surface area contributed by atoms with Crippen molar-refractivity contribution in [1.29, 1.82) is 0 Å². The average molecular weight is 276 g/mol. The summed E-state index contributed by atoms with van der Waals surface area (Å²) in [6.07, 6.45) is 3.13. The number of thiophene rings is 1. The van der Waals surface area contributed by atoms with Gasteiger partial charge in [0.2, 0.25) is 0 Å². The summed E-state index contributed by atoms with van der Waals surface area (Å²) in [5.74, 6) is -0.922. The molecule has 0 saturated carbocycles. The minimum absolute atomic E-state index is 0.199. The Morgan fingerprint density at radius 1 is 1.47 bits per heavy atom. The summed E-state index contributed by atoms with van der Waals surface area (Å²) in [7, 11) is 0. The average Bonchev–Trinajstić information content (AvgIpc) is 2.88. The normalized spacial score (nSPS) is 10.7. The molecular weight excluding hydrogens is 260 g/mol. The molecule has 19 heavy (non-hydrogen) atoms. The Balaban J connectivity index is 2.36. The first-order chi connectivity index (χ1) is 9.09. The number of pyridine rings is 1. The molecule has 0 amide bonds. The fraction of sp³-hybridized carbons (Fsp3) is 0.286. The number of hydrogen-bond donors (Lipinski definition) is 1. The van der Waals surface area contributed by atoms with Crippen LogP contribution in [0.5, 0.6) is 0 Å². The number of carbonyl (C=O) groups is 1. The predicted octanol–water partition coefficient (Wildman–Crippen LogP) is 3.26. The smallest absolute Gasteiger partial charge is 0.337 e. The molecule has 0 saturated heterocycles. The van der Waals surface area contributed by atoms with Gasteiger partial charge in [-0.1, -0.05) is 6.07 Å². The van der Waals surface area contributed by atoms with Crippen molar-refractivity contribution in [3.63, 3.8) is 0 Å². The van der Waals surface area contributed by atoms with Gasteiger partial charge in [0, 0.05) is 17.1 Å². The van der Waals surface area contributed by atoms with E-state index in [2.05, 4.69) is 16.0 Å². The molecule has 0 atom stereocenters. The molecule has 100 valence electrons. The first-order valence-corrected chi connectivity index (χ1v) is 6.94. The van der Waals surface area contributed by atoms with E-state index in [4.69, 9.17) is 0 Å². The second kappa shape index (κ2) is 5.84. The number of carboxylic acid groups (broad SMARTS) is 1. The molecule has 0 unspecified atom stereocenters. The van der Waals surface area contributed by atoms with E-state index in [9.17, 15) is 9.90 Å². The van der Waals surface area contributed by atoms with E-state index < -0.39 is 5.97 Å². The molecule has 4 nitrogen and oxygen atoms in total. The summed E-state index contributed by atoms with van der Waals surface area (Å²) >= 11 is 1.67. The second-order valence-corrected chi connectivity index (χ2v) is 5.53. The Bertz CT molecular complexity index is 552. The zero-order chi connectivity index (χ0) is 13.8. The number of aromatic carboxylic acids is 1. The zero-order valence-electron chi connectivity index (χ0n) is 10.9. The maximum absolute atomic E-state index is 11.3. The third-order valence-corrected chi connectivity index (χ3v) is 3.73. The van der Waals surface area contributed by atoms with E-state index in [1.54, 1.807) is 23.6 Å². The van der Waals surface area contributed by atoms with Gasteiger partial charge in [-0.05, 0) is 31.4 Å². The molecule has 2 aromatic rings. The highest BCUT2D eigenvalue weighted by Crippen LogP contribution is 2.25. The van der Waals surface area contributed by atoms with Gasteiger partial charge in [-0.25, -0.2) is 4.79 Å². The van der Waals surface area contributed by atoms with Gasteiger partial charge in [0.15, 0.2) is 0 Å². The van der Waals surface area contributed by atoms with Crippen molar-refractivity contribution >= 4 is 23.0 Å². The van der Waals surface area contributed by atoms with Gasteiger partial charge >= 0.3 is 5.97 Å². The predicted molar refractivity (Wildman–Crippen MR) is 76.8 cm³/mol. The lowest BCUT2D eigenvalue weighted by Crippen LogP contribution is -2.31. The van der Waals surface area contributed by atoms with E-state index in [-0.39, 0.29) is 6.04 Å². The van der Waals surface area contributed by atoms with Crippen LogP contribution in [0.1, 0.15) is 29.1 Å². The summed E-state index contributed by atoms with van der Waals surface area (Å²) in [6.45, 7) is 4.79. The van der Waals surface area contributed by atoms with E-state index >= 15 is 0 Å². The molecule has 0 fully saturated rings. The number of anilines is 1. The summed E-state index contributed by atoms with van der Waals surface area (Å²) < 4.78 is 0. The Labute approximate surface area is 116 Å². The van der Waals surface area contributed by atoms with Crippen molar-refractivity contribution in [2.75, 3.05) is 4.90 Å².